The van der Waals surface area contributed by atoms with Crippen molar-refractivity contribution >= 4 is 19.5 Å². The number of rotatable bonds is 4. The summed E-state index contributed by atoms with van der Waals surface area (Å²) in [5, 5.41) is 0. The predicted molar refractivity (Wildman–Crippen MR) is 100 cm³/mol. The fourth-order valence-corrected chi connectivity index (χ4v) is 4.29. The van der Waals surface area contributed by atoms with E-state index in [9.17, 15) is 14.2 Å². The number of aryl methyl sites for hydroxylation is 6. The first-order valence-electron chi connectivity index (χ1n) is 8.08. The van der Waals surface area contributed by atoms with Gasteiger partial charge in [0.25, 0.3) is 5.52 Å². The van der Waals surface area contributed by atoms with Gasteiger partial charge in [-0.3, -0.25) is 9.36 Å². The molecule has 2 rings (SSSR count). The van der Waals surface area contributed by atoms with Crippen molar-refractivity contribution in [1.82, 2.24) is 0 Å². The van der Waals surface area contributed by atoms with Crippen molar-refractivity contribution in [3.63, 3.8) is 0 Å². The lowest BCUT2D eigenvalue weighted by molar-refractivity contribution is 0.0736. The summed E-state index contributed by atoms with van der Waals surface area (Å²) in [6.07, 6.45) is 0. The summed E-state index contributed by atoms with van der Waals surface area (Å²) >= 11 is 0. The molecule has 0 bridgehead atoms. The summed E-state index contributed by atoms with van der Waals surface area (Å²) in [7, 11) is -3.20. The van der Waals surface area contributed by atoms with Crippen LogP contribution in [0.3, 0.4) is 0 Å². The first kappa shape index (κ1) is 19.1. The molecule has 25 heavy (non-hydrogen) atoms. The lowest BCUT2D eigenvalue weighted by Crippen LogP contribution is -2.09. The van der Waals surface area contributed by atoms with Crippen molar-refractivity contribution in [1.29, 1.82) is 0 Å². The lowest BCUT2D eigenvalue weighted by atomic mass is 10.0. The Hall–Kier alpha value is -2.19. The van der Waals surface area contributed by atoms with Crippen LogP contribution in [-0.4, -0.2) is 11.5 Å². The van der Waals surface area contributed by atoms with Crippen LogP contribution in [0.4, 0.5) is 0 Å². The minimum Gasteiger partial charge on any atom is -0.404 e. The second-order valence-corrected chi connectivity index (χ2v) is 7.79. The van der Waals surface area contributed by atoms with Gasteiger partial charge in [-0.1, -0.05) is 35.4 Å². The maximum absolute atomic E-state index is 12.5. The van der Waals surface area contributed by atoms with E-state index in [1.54, 1.807) is 27.7 Å². The van der Waals surface area contributed by atoms with Crippen LogP contribution in [0.2, 0.25) is 0 Å². The zero-order valence-electron chi connectivity index (χ0n) is 15.4. The van der Waals surface area contributed by atoms with E-state index in [1.165, 1.54) is 0 Å². The van der Waals surface area contributed by atoms with E-state index in [1.807, 2.05) is 38.1 Å². The van der Waals surface area contributed by atoms with Crippen molar-refractivity contribution in [2.24, 2.45) is 0 Å². The Balaban J connectivity index is 2.29. The van der Waals surface area contributed by atoms with E-state index in [0.29, 0.717) is 11.1 Å². The fourth-order valence-electron chi connectivity index (χ4n) is 3.32. The zero-order valence-corrected chi connectivity index (χ0v) is 16.4. The third-order valence-corrected chi connectivity index (χ3v) is 5.15. The molecule has 0 heterocycles. The molecule has 1 unspecified atom stereocenters. The van der Waals surface area contributed by atoms with Gasteiger partial charge >= 0.3 is 14.0 Å². The van der Waals surface area contributed by atoms with Crippen LogP contribution in [0, 0.1) is 41.5 Å². The van der Waals surface area contributed by atoms with Crippen molar-refractivity contribution in [3.05, 3.63) is 68.8 Å². The van der Waals surface area contributed by atoms with Gasteiger partial charge in [-0.05, 0) is 63.8 Å². The quantitative estimate of drug-likeness (QED) is 0.721. The average Bonchev–Trinajstić information content (AvgIpc) is 2.44. The SMILES string of the molecule is Cc1cc(C)c(C(=O)O[PH](=O)C(=O)c2c(C)cc(C)cc2C)c(C)c1. The van der Waals surface area contributed by atoms with E-state index in [-0.39, 0.29) is 0 Å². The predicted octanol–water partition coefficient (Wildman–Crippen LogP) is 5.01. The minimum atomic E-state index is -3.20. The molecule has 132 valence electrons. The summed E-state index contributed by atoms with van der Waals surface area (Å²) in [6, 6.07) is 7.42. The summed E-state index contributed by atoms with van der Waals surface area (Å²) in [6.45, 7) is 11.0. The van der Waals surface area contributed by atoms with Crippen molar-refractivity contribution in [3.8, 4) is 0 Å². The van der Waals surface area contributed by atoms with Gasteiger partial charge in [-0.25, -0.2) is 4.79 Å². The van der Waals surface area contributed by atoms with E-state index < -0.39 is 19.5 Å². The Morgan fingerprint density at radius 3 is 1.48 bits per heavy atom. The molecule has 0 saturated heterocycles. The van der Waals surface area contributed by atoms with Gasteiger partial charge in [0, 0.05) is 5.56 Å². The molecular weight excluding hydrogens is 335 g/mol. The van der Waals surface area contributed by atoms with E-state index in [2.05, 4.69) is 0 Å². The third-order valence-electron chi connectivity index (χ3n) is 4.16. The molecule has 0 radical (unpaired) electrons. The van der Waals surface area contributed by atoms with Crippen LogP contribution in [0.25, 0.3) is 0 Å². The Labute approximate surface area is 149 Å². The normalized spacial score (nSPS) is 11.9. The Kier molecular flexibility index (Phi) is 5.64. The topological polar surface area (TPSA) is 60.4 Å². The number of carbonyl (C=O) groups excluding carboxylic acids is 2. The molecule has 0 N–H and O–H groups in total. The molecule has 2 aromatic rings. The molecule has 0 fully saturated rings. The molecule has 0 aliphatic heterocycles. The van der Waals surface area contributed by atoms with Gasteiger partial charge in [-0.15, -0.1) is 0 Å². The Morgan fingerprint density at radius 2 is 1.08 bits per heavy atom. The minimum absolute atomic E-state index is 0.370. The standard InChI is InChI=1S/C20H23O4P/c1-11-7-13(3)17(14(4)8-11)19(21)24-25(23)20(22)18-15(5)9-12(2)10-16(18)6/h7-10,25H,1-6H3. The lowest BCUT2D eigenvalue weighted by Gasteiger charge is -2.12. The zero-order chi connectivity index (χ0) is 18.9. The summed E-state index contributed by atoms with van der Waals surface area (Å²) in [5.41, 5.74) is 5.14. The number of carbonyl (C=O) groups is 2. The molecule has 0 spiro atoms. The van der Waals surface area contributed by atoms with Crippen molar-refractivity contribution in [2.45, 2.75) is 41.5 Å². The number of benzene rings is 2. The van der Waals surface area contributed by atoms with Crippen LogP contribution in [-0.2, 0) is 9.09 Å². The summed E-state index contributed by atoms with van der Waals surface area (Å²) in [4.78, 5) is 25.0. The molecule has 0 aliphatic carbocycles. The molecule has 0 amide bonds. The highest BCUT2D eigenvalue weighted by Gasteiger charge is 2.24. The third kappa shape index (κ3) is 4.08. The Morgan fingerprint density at radius 1 is 0.720 bits per heavy atom. The van der Waals surface area contributed by atoms with Gasteiger partial charge in [-0.2, -0.15) is 0 Å². The van der Waals surface area contributed by atoms with Crippen LogP contribution in [0.1, 0.15) is 54.1 Å². The second kappa shape index (κ2) is 7.37. The number of hydrogen-bond acceptors (Lipinski definition) is 4. The monoisotopic (exact) mass is 358 g/mol. The van der Waals surface area contributed by atoms with Crippen LogP contribution >= 0.6 is 8.03 Å². The summed E-state index contributed by atoms with van der Waals surface area (Å²) < 4.78 is 17.5. The summed E-state index contributed by atoms with van der Waals surface area (Å²) in [5.74, 6) is -0.713. The fraction of sp³-hybridized carbons (Fsp3) is 0.300. The second-order valence-electron chi connectivity index (χ2n) is 6.55. The van der Waals surface area contributed by atoms with Crippen LogP contribution in [0.5, 0.6) is 0 Å². The maximum atomic E-state index is 12.5. The van der Waals surface area contributed by atoms with E-state index in [4.69, 9.17) is 4.52 Å². The van der Waals surface area contributed by atoms with E-state index in [0.717, 1.165) is 33.4 Å². The van der Waals surface area contributed by atoms with Gasteiger partial charge in [0.05, 0.1) is 5.56 Å². The first-order chi connectivity index (χ1) is 11.6. The molecule has 0 saturated carbocycles. The average molecular weight is 358 g/mol. The molecule has 0 aliphatic rings. The highest BCUT2D eigenvalue weighted by atomic mass is 31.1. The highest BCUT2D eigenvalue weighted by molar-refractivity contribution is 7.60. The molecular formula is C20H23O4P. The largest absolute Gasteiger partial charge is 0.404 e. The Bertz CT molecular complexity index is 851. The van der Waals surface area contributed by atoms with Crippen molar-refractivity contribution < 1.29 is 18.7 Å². The van der Waals surface area contributed by atoms with Crippen LogP contribution in [0.15, 0.2) is 24.3 Å². The van der Waals surface area contributed by atoms with Crippen molar-refractivity contribution in [2.75, 3.05) is 0 Å². The van der Waals surface area contributed by atoms with Gasteiger partial charge < -0.3 is 4.52 Å². The molecule has 5 heteroatoms. The van der Waals surface area contributed by atoms with Gasteiger partial charge in [0.1, 0.15) is 0 Å². The van der Waals surface area contributed by atoms with E-state index >= 15 is 0 Å². The smallest absolute Gasteiger partial charge is 0.343 e. The maximum Gasteiger partial charge on any atom is 0.343 e. The highest BCUT2D eigenvalue weighted by Crippen LogP contribution is 2.33. The molecule has 2 aromatic carbocycles. The molecule has 4 nitrogen and oxygen atoms in total. The van der Waals surface area contributed by atoms with Gasteiger partial charge in [0.15, 0.2) is 0 Å². The van der Waals surface area contributed by atoms with Crippen LogP contribution < -0.4 is 0 Å². The van der Waals surface area contributed by atoms with Gasteiger partial charge in [0.2, 0.25) is 0 Å². The molecule has 0 aromatic heterocycles. The molecule has 1 atom stereocenters. The first-order valence-corrected chi connectivity index (χ1v) is 9.40. The number of hydrogen-bond donors (Lipinski definition) is 0.